The van der Waals surface area contributed by atoms with Gasteiger partial charge in [0, 0.05) is 17.2 Å². The summed E-state index contributed by atoms with van der Waals surface area (Å²) in [5.74, 6) is 0.962. The number of thiazole rings is 1. The summed E-state index contributed by atoms with van der Waals surface area (Å²) in [6, 6.07) is 0. The van der Waals surface area contributed by atoms with Crippen molar-refractivity contribution in [1.29, 1.82) is 0 Å². The van der Waals surface area contributed by atoms with Crippen LogP contribution in [0.1, 0.15) is 37.3 Å². The van der Waals surface area contributed by atoms with Crippen molar-refractivity contribution in [3.63, 3.8) is 0 Å². The second-order valence-electron chi connectivity index (χ2n) is 4.87. The van der Waals surface area contributed by atoms with Crippen molar-refractivity contribution >= 4 is 34.8 Å². The molecule has 2 heterocycles. The molecule has 2 N–H and O–H groups in total. The van der Waals surface area contributed by atoms with E-state index in [4.69, 9.17) is 0 Å². The summed E-state index contributed by atoms with van der Waals surface area (Å²) in [4.78, 5) is 16.5. The number of piperidine rings is 1. The Morgan fingerprint density at radius 2 is 2.06 bits per heavy atom. The van der Waals surface area contributed by atoms with Crippen LogP contribution in [0.5, 0.6) is 0 Å². The Morgan fingerprint density at radius 1 is 1.33 bits per heavy atom. The third-order valence-electron chi connectivity index (χ3n) is 3.46. The van der Waals surface area contributed by atoms with Gasteiger partial charge in [-0.05, 0) is 38.8 Å². The lowest BCUT2D eigenvalue weighted by Crippen LogP contribution is -2.34. The molecule has 1 saturated carbocycles. The first-order valence-electron chi connectivity index (χ1n) is 6.30. The number of anilines is 1. The Balaban J connectivity index is 0.00000120. The zero-order valence-corrected chi connectivity index (χ0v) is 11.8. The highest BCUT2D eigenvalue weighted by Gasteiger charge is 2.27. The number of amides is 1. The molecule has 1 aromatic heterocycles. The van der Waals surface area contributed by atoms with E-state index in [0.717, 1.165) is 36.8 Å². The summed E-state index contributed by atoms with van der Waals surface area (Å²) in [6.45, 7) is 1.90. The molecule has 2 fully saturated rings. The van der Waals surface area contributed by atoms with Gasteiger partial charge in [-0.3, -0.25) is 4.79 Å². The summed E-state index contributed by atoms with van der Waals surface area (Å²) >= 11 is 1.55. The summed E-state index contributed by atoms with van der Waals surface area (Å²) in [5.41, 5.74) is 1.16. The highest BCUT2D eigenvalue weighted by Crippen LogP contribution is 2.40. The van der Waals surface area contributed by atoms with Gasteiger partial charge in [0.15, 0.2) is 5.13 Å². The SMILES string of the molecule is Cl.O=C(Nc1nc(C2CC2)cs1)C1CCNCC1. The van der Waals surface area contributed by atoms with E-state index in [1.54, 1.807) is 11.3 Å². The van der Waals surface area contributed by atoms with Crippen LogP contribution in [0.25, 0.3) is 0 Å². The van der Waals surface area contributed by atoms with Crippen molar-refractivity contribution in [3.8, 4) is 0 Å². The van der Waals surface area contributed by atoms with Crippen LogP contribution in [0, 0.1) is 5.92 Å². The van der Waals surface area contributed by atoms with Crippen LogP contribution >= 0.6 is 23.7 Å². The van der Waals surface area contributed by atoms with Gasteiger partial charge in [0.25, 0.3) is 0 Å². The Morgan fingerprint density at radius 3 is 2.72 bits per heavy atom. The first-order chi connectivity index (χ1) is 8.33. The molecule has 2 aliphatic rings. The maximum absolute atomic E-state index is 12.0. The van der Waals surface area contributed by atoms with E-state index in [9.17, 15) is 4.79 Å². The van der Waals surface area contributed by atoms with Crippen LogP contribution in [-0.2, 0) is 4.79 Å². The Hall–Kier alpha value is -0.650. The lowest BCUT2D eigenvalue weighted by atomic mass is 9.97. The fourth-order valence-corrected chi connectivity index (χ4v) is 3.00. The van der Waals surface area contributed by atoms with Crippen molar-refractivity contribution in [1.82, 2.24) is 10.3 Å². The number of aromatic nitrogens is 1. The quantitative estimate of drug-likeness (QED) is 0.897. The van der Waals surface area contributed by atoms with Crippen molar-refractivity contribution in [2.75, 3.05) is 18.4 Å². The third kappa shape index (κ3) is 3.22. The normalized spacial score (nSPS) is 20.2. The molecule has 0 aromatic carbocycles. The van der Waals surface area contributed by atoms with E-state index in [2.05, 4.69) is 21.0 Å². The van der Waals surface area contributed by atoms with Gasteiger partial charge < -0.3 is 10.6 Å². The van der Waals surface area contributed by atoms with E-state index in [1.165, 1.54) is 12.8 Å². The number of hydrogen-bond acceptors (Lipinski definition) is 4. The molecular formula is C12H18ClN3OS. The first kappa shape index (κ1) is 13.8. The minimum Gasteiger partial charge on any atom is -0.317 e. The molecule has 0 radical (unpaired) electrons. The molecule has 4 nitrogen and oxygen atoms in total. The molecule has 18 heavy (non-hydrogen) atoms. The minimum atomic E-state index is 0. The van der Waals surface area contributed by atoms with Gasteiger partial charge >= 0.3 is 0 Å². The fraction of sp³-hybridized carbons (Fsp3) is 0.667. The van der Waals surface area contributed by atoms with E-state index < -0.39 is 0 Å². The second-order valence-corrected chi connectivity index (χ2v) is 5.72. The number of nitrogens with zero attached hydrogens (tertiary/aromatic N) is 1. The standard InChI is InChI=1S/C12H17N3OS.ClH/c16-11(9-3-5-13-6-4-9)15-12-14-10(7-17-12)8-1-2-8;/h7-9,13H,1-6H2,(H,14,15,16);1H. The minimum absolute atomic E-state index is 0. The van der Waals surface area contributed by atoms with Gasteiger partial charge in [0.05, 0.1) is 5.69 Å². The number of halogens is 1. The molecule has 1 saturated heterocycles. The van der Waals surface area contributed by atoms with Crippen LogP contribution in [0.2, 0.25) is 0 Å². The van der Waals surface area contributed by atoms with E-state index in [1.807, 2.05) is 0 Å². The van der Waals surface area contributed by atoms with Crippen LogP contribution in [-0.4, -0.2) is 24.0 Å². The molecule has 0 spiro atoms. The van der Waals surface area contributed by atoms with Crippen LogP contribution in [0.3, 0.4) is 0 Å². The van der Waals surface area contributed by atoms with Gasteiger partial charge in [-0.1, -0.05) is 0 Å². The molecule has 0 unspecified atom stereocenters. The maximum Gasteiger partial charge on any atom is 0.229 e. The largest absolute Gasteiger partial charge is 0.317 e. The number of rotatable bonds is 3. The summed E-state index contributed by atoms with van der Waals surface area (Å²) in [7, 11) is 0. The second kappa shape index (κ2) is 5.99. The van der Waals surface area contributed by atoms with E-state index in [0.29, 0.717) is 5.92 Å². The van der Waals surface area contributed by atoms with E-state index >= 15 is 0 Å². The number of carbonyl (C=O) groups excluding carboxylic acids is 1. The Labute approximate surface area is 117 Å². The van der Waals surface area contributed by atoms with Crippen molar-refractivity contribution in [2.24, 2.45) is 5.92 Å². The van der Waals surface area contributed by atoms with Gasteiger partial charge in [-0.15, -0.1) is 23.7 Å². The average molecular weight is 288 g/mol. The predicted octanol–water partition coefficient (Wildman–Crippen LogP) is 2.38. The summed E-state index contributed by atoms with van der Waals surface area (Å²) in [6.07, 6.45) is 4.39. The third-order valence-corrected chi connectivity index (χ3v) is 4.23. The maximum atomic E-state index is 12.0. The molecule has 1 aromatic rings. The molecule has 1 amide bonds. The first-order valence-corrected chi connectivity index (χ1v) is 7.18. The van der Waals surface area contributed by atoms with Crippen molar-refractivity contribution in [2.45, 2.75) is 31.6 Å². The molecule has 0 bridgehead atoms. The lowest BCUT2D eigenvalue weighted by molar-refractivity contribution is -0.120. The summed E-state index contributed by atoms with van der Waals surface area (Å²) in [5, 5.41) is 9.08. The van der Waals surface area contributed by atoms with Gasteiger partial charge in [-0.25, -0.2) is 4.98 Å². The monoisotopic (exact) mass is 287 g/mol. The van der Waals surface area contributed by atoms with E-state index in [-0.39, 0.29) is 24.2 Å². The zero-order valence-electron chi connectivity index (χ0n) is 10.1. The lowest BCUT2D eigenvalue weighted by Gasteiger charge is -2.20. The highest BCUT2D eigenvalue weighted by molar-refractivity contribution is 7.13. The molecule has 1 aliphatic carbocycles. The van der Waals surface area contributed by atoms with Gasteiger partial charge in [0.2, 0.25) is 5.91 Å². The highest BCUT2D eigenvalue weighted by atomic mass is 35.5. The molecule has 3 rings (SSSR count). The Kier molecular flexibility index (Phi) is 4.59. The van der Waals surface area contributed by atoms with Crippen LogP contribution < -0.4 is 10.6 Å². The summed E-state index contributed by atoms with van der Waals surface area (Å²) < 4.78 is 0. The average Bonchev–Trinajstić information content (AvgIpc) is 3.12. The molecule has 100 valence electrons. The van der Waals surface area contributed by atoms with Crippen molar-refractivity contribution < 1.29 is 4.79 Å². The van der Waals surface area contributed by atoms with Gasteiger partial charge in [-0.2, -0.15) is 0 Å². The van der Waals surface area contributed by atoms with Gasteiger partial charge in [0.1, 0.15) is 0 Å². The predicted molar refractivity (Wildman–Crippen MR) is 75.6 cm³/mol. The zero-order chi connectivity index (χ0) is 11.7. The molecule has 6 heteroatoms. The Bertz CT molecular complexity index is 413. The molecular weight excluding hydrogens is 270 g/mol. The fourth-order valence-electron chi connectivity index (χ4n) is 2.20. The molecule has 1 aliphatic heterocycles. The number of nitrogens with one attached hydrogen (secondary N) is 2. The number of hydrogen-bond donors (Lipinski definition) is 2. The smallest absolute Gasteiger partial charge is 0.229 e. The topological polar surface area (TPSA) is 54.0 Å². The van der Waals surface area contributed by atoms with Crippen molar-refractivity contribution in [3.05, 3.63) is 11.1 Å². The van der Waals surface area contributed by atoms with Crippen LogP contribution in [0.4, 0.5) is 5.13 Å². The molecule has 0 atom stereocenters. The van der Waals surface area contributed by atoms with Crippen LogP contribution in [0.15, 0.2) is 5.38 Å². The number of carbonyl (C=O) groups is 1.